The van der Waals surface area contributed by atoms with Crippen LogP contribution in [0.15, 0.2) is 92.2 Å². The predicted octanol–water partition coefficient (Wildman–Crippen LogP) is 2.26. The summed E-state index contributed by atoms with van der Waals surface area (Å²) < 4.78 is 0. The summed E-state index contributed by atoms with van der Waals surface area (Å²) in [6, 6.07) is -0.0789. The van der Waals surface area contributed by atoms with Gasteiger partial charge in [0.1, 0.15) is 0 Å². The average Bonchev–Trinajstić information content (AvgIpc) is 2.68. The summed E-state index contributed by atoms with van der Waals surface area (Å²) in [5.41, 5.74) is 10.5. The average molecular weight is 386 g/mol. The molecular formula is C21H36KN3O. The van der Waals surface area contributed by atoms with E-state index < -0.39 is 0 Å². The van der Waals surface area contributed by atoms with Gasteiger partial charge < -0.3 is 16.4 Å². The Bertz CT molecular complexity index is 436. The van der Waals surface area contributed by atoms with Crippen LogP contribution < -0.4 is 62.6 Å². The van der Waals surface area contributed by atoms with Crippen molar-refractivity contribution in [2.75, 3.05) is 6.54 Å². The van der Waals surface area contributed by atoms with E-state index >= 15 is 0 Å². The standard InChI is InChI=1S/C15H24N3O.3C2H4.K/c1-5-13(11-17-6-2)14(9-10-18-19)7-8-15(16)12(3)4;3*1-2;/h5,7,9-11,15,18H,3,6,8,16H2,1-2,4H3;3*1-2H2;/q-1;;;;+1/b10-9-,13-5+,14-7+,17-11?;;;;. The van der Waals surface area contributed by atoms with Crippen LogP contribution in [0.3, 0.4) is 0 Å². The number of nitrogens with zero attached hydrogens (tertiary/aromatic N) is 1. The molecule has 0 spiro atoms. The van der Waals surface area contributed by atoms with Crippen LogP contribution in [0.1, 0.15) is 27.2 Å². The van der Waals surface area contributed by atoms with Crippen LogP contribution in [0, 0.1) is 5.21 Å². The van der Waals surface area contributed by atoms with Gasteiger partial charge in [-0.25, -0.2) is 0 Å². The zero-order chi connectivity index (χ0) is 20.7. The van der Waals surface area contributed by atoms with Gasteiger partial charge in [0.05, 0.1) is 0 Å². The third kappa shape index (κ3) is 23.2. The van der Waals surface area contributed by atoms with Crippen LogP contribution in [0.5, 0.6) is 0 Å². The van der Waals surface area contributed by atoms with Crippen molar-refractivity contribution in [1.82, 2.24) is 5.48 Å². The smallest absolute Gasteiger partial charge is 0.761 e. The fourth-order valence-electron chi connectivity index (χ4n) is 1.37. The van der Waals surface area contributed by atoms with E-state index in [0.29, 0.717) is 6.42 Å². The van der Waals surface area contributed by atoms with E-state index in [0.717, 1.165) is 23.3 Å². The molecule has 1 unspecified atom stereocenters. The normalized spacial score (nSPS) is 11.6. The number of allylic oxidation sites excluding steroid dienone is 4. The molecule has 0 bridgehead atoms. The van der Waals surface area contributed by atoms with Crippen molar-refractivity contribution in [1.29, 1.82) is 0 Å². The second kappa shape index (κ2) is 31.9. The minimum Gasteiger partial charge on any atom is -0.761 e. The third-order valence-electron chi connectivity index (χ3n) is 2.61. The fourth-order valence-corrected chi connectivity index (χ4v) is 1.37. The summed E-state index contributed by atoms with van der Waals surface area (Å²) in [7, 11) is 0. The van der Waals surface area contributed by atoms with Crippen LogP contribution in [0.4, 0.5) is 0 Å². The summed E-state index contributed by atoms with van der Waals surface area (Å²) >= 11 is 0. The van der Waals surface area contributed by atoms with Gasteiger partial charge in [-0.1, -0.05) is 24.3 Å². The van der Waals surface area contributed by atoms with Crippen molar-refractivity contribution in [3.05, 3.63) is 92.4 Å². The number of nitrogens with one attached hydrogen (secondary N) is 1. The molecule has 0 aliphatic heterocycles. The molecule has 142 valence electrons. The molecule has 0 rings (SSSR count). The SMILES string of the molecule is C=C.C=C.C=C.C=C(C)C(N)C/C=C(\C=C/N[O-])C(/C=NCC)=C/C.[K+]. The molecule has 4 nitrogen and oxygen atoms in total. The van der Waals surface area contributed by atoms with Crippen molar-refractivity contribution in [3.8, 4) is 0 Å². The second-order valence-corrected chi connectivity index (χ2v) is 4.17. The maximum absolute atomic E-state index is 10.3. The summed E-state index contributed by atoms with van der Waals surface area (Å²) in [6.45, 7) is 28.4. The molecule has 0 aromatic rings. The number of hydrogen-bond donors (Lipinski definition) is 2. The van der Waals surface area contributed by atoms with E-state index in [-0.39, 0.29) is 57.4 Å². The van der Waals surface area contributed by atoms with Gasteiger partial charge in [-0.15, -0.1) is 39.5 Å². The number of hydrogen-bond acceptors (Lipinski definition) is 4. The van der Waals surface area contributed by atoms with E-state index in [1.807, 2.05) is 32.9 Å². The maximum atomic E-state index is 10.3. The second-order valence-electron chi connectivity index (χ2n) is 4.17. The quantitative estimate of drug-likeness (QED) is 0.221. The first kappa shape index (κ1) is 36.2. The minimum absolute atomic E-state index is 0. The van der Waals surface area contributed by atoms with E-state index in [4.69, 9.17) is 5.73 Å². The van der Waals surface area contributed by atoms with Crippen molar-refractivity contribution < 1.29 is 51.4 Å². The molecule has 0 heterocycles. The molecule has 0 fully saturated rings. The Labute approximate surface area is 204 Å². The molecule has 5 heteroatoms. The number of nitrogens with two attached hydrogens (primary N) is 1. The Morgan fingerprint density at radius 3 is 2.00 bits per heavy atom. The first-order valence-corrected chi connectivity index (χ1v) is 7.88. The molecule has 0 saturated carbocycles. The summed E-state index contributed by atoms with van der Waals surface area (Å²) in [5.74, 6) is 0. The third-order valence-corrected chi connectivity index (χ3v) is 2.61. The summed E-state index contributed by atoms with van der Waals surface area (Å²) in [6.07, 6.45) is 9.48. The predicted molar refractivity (Wildman–Crippen MR) is 118 cm³/mol. The Morgan fingerprint density at radius 2 is 1.65 bits per heavy atom. The molecule has 0 aromatic carbocycles. The fraction of sp³-hybridized carbons (Fsp3) is 0.286. The number of hydroxylamine groups is 1. The molecule has 0 saturated heterocycles. The largest absolute Gasteiger partial charge is 1.00 e. The molecule has 1 atom stereocenters. The van der Waals surface area contributed by atoms with Gasteiger partial charge >= 0.3 is 51.4 Å². The Hall–Kier alpha value is -0.794. The summed E-state index contributed by atoms with van der Waals surface area (Å²) in [4.78, 5) is 4.22. The minimum atomic E-state index is -0.0789. The van der Waals surface area contributed by atoms with Crippen LogP contribution in [-0.4, -0.2) is 18.8 Å². The Morgan fingerprint density at radius 1 is 1.15 bits per heavy atom. The van der Waals surface area contributed by atoms with Crippen molar-refractivity contribution in [3.63, 3.8) is 0 Å². The molecule has 0 aliphatic carbocycles. The first-order valence-electron chi connectivity index (χ1n) is 7.88. The van der Waals surface area contributed by atoms with Crippen molar-refractivity contribution >= 4 is 6.21 Å². The maximum Gasteiger partial charge on any atom is 1.00 e. The number of aliphatic imine (C=N–C) groups is 1. The zero-order valence-corrected chi connectivity index (χ0v) is 20.4. The molecule has 0 amide bonds. The molecule has 3 N–H and O–H groups in total. The van der Waals surface area contributed by atoms with Gasteiger partial charge in [-0.05, 0) is 50.6 Å². The van der Waals surface area contributed by atoms with Crippen LogP contribution in [-0.2, 0) is 0 Å². The van der Waals surface area contributed by atoms with Gasteiger partial charge in [0, 0.05) is 18.8 Å². The van der Waals surface area contributed by atoms with E-state index in [9.17, 15) is 5.21 Å². The van der Waals surface area contributed by atoms with Gasteiger partial charge in [0.25, 0.3) is 0 Å². The first-order chi connectivity index (χ1) is 12.1. The monoisotopic (exact) mass is 385 g/mol. The van der Waals surface area contributed by atoms with Gasteiger partial charge in [-0.3, -0.25) is 4.99 Å². The van der Waals surface area contributed by atoms with E-state index in [2.05, 4.69) is 51.0 Å². The Kier molecular flexibility index (Phi) is 44.4. The Balaban J connectivity index is -0.000000189. The van der Waals surface area contributed by atoms with E-state index in [1.165, 1.54) is 6.20 Å². The molecule has 0 aromatic heterocycles. The zero-order valence-electron chi connectivity index (χ0n) is 17.3. The van der Waals surface area contributed by atoms with Crippen molar-refractivity contribution in [2.24, 2.45) is 10.7 Å². The van der Waals surface area contributed by atoms with E-state index in [1.54, 1.807) is 17.8 Å². The molecule has 0 aliphatic rings. The molecular weight excluding hydrogens is 349 g/mol. The van der Waals surface area contributed by atoms with Crippen LogP contribution in [0.2, 0.25) is 0 Å². The van der Waals surface area contributed by atoms with Gasteiger partial charge in [-0.2, -0.15) is 0 Å². The number of rotatable bonds is 8. The topological polar surface area (TPSA) is 73.5 Å². The van der Waals surface area contributed by atoms with Gasteiger partial charge in [0.15, 0.2) is 0 Å². The molecule has 26 heavy (non-hydrogen) atoms. The summed E-state index contributed by atoms with van der Waals surface area (Å²) in [5, 5.41) is 10.3. The van der Waals surface area contributed by atoms with Crippen LogP contribution >= 0.6 is 0 Å². The van der Waals surface area contributed by atoms with Crippen LogP contribution in [0.25, 0.3) is 0 Å². The van der Waals surface area contributed by atoms with Gasteiger partial charge in [0.2, 0.25) is 0 Å². The molecule has 0 radical (unpaired) electrons. The van der Waals surface area contributed by atoms with Crippen molar-refractivity contribution in [2.45, 2.75) is 33.2 Å².